The van der Waals surface area contributed by atoms with Gasteiger partial charge in [0.15, 0.2) is 0 Å². The fraction of sp³-hybridized carbons (Fsp3) is 0.500. The van der Waals surface area contributed by atoms with E-state index in [1.54, 1.807) is 14.2 Å². The Bertz CT molecular complexity index is 447. The van der Waals surface area contributed by atoms with Crippen molar-refractivity contribution in [2.75, 3.05) is 34.4 Å². The highest BCUT2D eigenvalue weighted by atomic mass is 16.5. The van der Waals surface area contributed by atoms with Crippen LogP contribution < -0.4 is 15.2 Å². The number of nitrogens with two attached hydrogens (primary N) is 1. The molecule has 0 aliphatic rings. The van der Waals surface area contributed by atoms with Gasteiger partial charge >= 0.3 is 0 Å². The molecule has 0 saturated carbocycles. The summed E-state index contributed by atoms with van der Waals surface area (Å²) in [7, 11) is 5.15. The molecule has 1 aromatic carbocycles. The molecule has 0 aliphatic carbocycles. The molecule has 0 spiro atoms. The Morgan fingerprint density at radius 3 is 2.53 bits per heavy atom. The van der Waals surface area contributed by atoms with E-state index < -0.39 is 0 Å². The number of carbonyl (C=O) groups is 1. The zero-order valence-electron chi connectivity index (χ0n) is 12.0. The van der Waals surface area contributed by atoms with Crippen molar-refractivity contribution in [3.8, 4) is 11.5 Å². The predicted molar refractivity (Wildman–Crippen MR) is 74.7 cm³/mol. The first kappa shape index (κ1) is 15.3. The molecule has 0 radical (unpaired) electrons. The maximum Gasteiger partial charge on any atom is 0.231 e. The smallest absolute Gasteiger partial charge is 0.231 e. The van der Waals surface area contributed by atoms with E-state index in [1.807, 2.05) is 31.0 Å². The van der Waals surface area contributed by atoms with Crippen LogP contribution in [0.2, 0.25) is 0 Å². The van der Waals surface area contributed by atoms with E-state index in [2.05, 4.69) is 0 Å². The maximum atomic E-state index is 10.8. The number of hydrogen-bond acceptors (Lipinski definition) is 4. The van der Waals surface area contributed by atoms with E-state index in [0.717, 1.165) is 35.6 Å². The van der Waals surface area contributed by atoms with Crippen LogP contribution in [0.4, 0.5) is 0 Å². The van der Waals surface area contributed by atoms with Crippen LogP contribution in [0.25, 0.3) is 0 Å². The van der Waals surface area contributed by atoms with E-state index in [4.69, 9.17) is 15.2 Å². The maximum absolute atomic E-state index is 10.8. The number of rotatable bonds is 7. The minimum absolute atomic E-state index is 0.261. The topological polar surface area (TPSA) is 64.8 Å². The summed E-state index contributed by atoms with van der Waals surface area (Å²) in [6.07, 6.45) is 0.794. The van der Waals surface area contributed by atoms with Crippen molar-refractivity contribution in [3.05, 3.63) is 23.3 Å². The highest BCUT2D eigenvalue weighted by molar-refractivity contribution is 5.75. The van der Waals surface area contributed by atoms with Gasteiger partial charge in [-0.15, -0.1) is 0 Å². The van der Waals surface area contributed by atoms with E-state index in [0.29, 0.717) is 0 Å². The summed E-state index contributed by atoms with van der Waals surface area (Å²) in [5.74, 6) is 1.27. The number of nitrogens with zero attached hydrogens (tertiary/aromatic N) is 1. The summed E-state index contributed by atoms with van der Waals surface area (Å²) < 4.78 is 10.6. The summed E-state index contributed by atoms with van der Waals surface area (Å²) in [6.45, 7) is 3.03. The van der Waals surface area contributed by atoms with Gasteiger partial charge < -0.3 is 15.2 Å². The summed E-state index contributed by atoms with van der Waals surface area (Å²) in [6, 6.07) is 3.85. The van der Waals surface area contributed by atoms with Gasteiger partial charge in [0, 0.05) is 12.6 Å². The van der Waals surface area contributed by atoms with Crippen LogP contribution >= 0.6 is 0 Å². The summed E-state index contributed by atoms with van der Waals surface area (Å²) in [5.41, 5.74) is 7.40. The van der Waals surface area contributed by atoms with Gasteiger partial charge in [0.2, 0.25) is 5.91 Å². The minimum atomic E-state index is -0.319. The number of methoxy groups -OCH3 is 2. The first-order valence-electron chi connectivity index (χ1n) is 6.16. The quantitative estimate of drug-likeness (QED) is 0.798. The molecule has 1 amide bonds. The molecular weight excluding hydrogens is 244 g/mol. The number of likely N-dealkylation sites (N-methyl/N-ethyl adjacent to an activating group) is 1. The van der Waals surface area contributed by atoms with Gasteiger partial charge in [-0.05, 0) is 37.6 Å². The van der Waals surface area contributed by atoms with Crippen molar-refractivity contribution in [1.29, 1.82) is 0 Å². The number of hydrogen-bond donors (Lipinski definition) is 1. The fourth-order valence-electron chi connectivity index (χ4n) is 2.02. The molecule has 2 N–H and O–H groups in total. The number of aryl methyl sites for hydroxylation is 1. The molecule has 1 rings (SSSR count). The molecule has 0 unspecified atom stereocenters. The summed E-state index contributed by atoms with van der Waals surface area (Å²) in [4.78, 5) is 12.7. The van der Waals surface area contributed by atoms with Crippen LogP contribution in [0.15, 0.2) is 12.1 Å². The third-order valence-corrected chi connectivity index (χ3v) is 3.03. The second-order valence-electron chi connectivity index (χ2n) is 4.58. The van der Waals surface area contributed by atoms with Crippen molar-refractivity contribution in [3.63, 3.8) is 0 Å². The zero-order chi connectivity index (χ0) is 14.4. The molecule has 0 saturated heterocycles. The van der Waals surface area contributed by atoms with E-state index in [1.165, 1.54) is 0 Å². The molecular formula is C14H22N2O3. The third-order valence-electron chi connectivity index (χ3n) is 3.03. The lowest BCUT2D eigenvalue weighted by molar-refractivity contribution is -0.118. The number of ether oxygens (including phenoxy) is 2. The van der Waals surface area contributed by atoms with Crippen LogP contribution in [-0.2, 0) is 11.2 Å². The first-order valence-corrected chi connectivity index (χ1v) is 6.16. The molecule has 0 heterocycles. The van der Waals surface area contributed by atoms with Crippen molar-refractivity contribution in [2.45, 2.75) is 13.3 Å². The lowest BCUT2D eigenvalue weighted by atomic mass is 10.0. The summed E-state index contributed by atoms with van der Waals surface area (Å²) in [5, 5.41) is 0. The van der Waals surface area contributed by atoms with Crippen LogP contribution in [0.1, 0.15) is 11.1 Å². The van der Waals surface area contributed by atoms with Gasteiger partial charge in [0.25, 0.3) is 0 Å². The van der Waals surface area contributed by atoms with Crippen LogP contribution in [0, 0.1) is 6.92 Å². The van der Waals surface area contributed by atoms with Crippen LogP contribution in [-0.4, -0.2) is 45.2 Å². The van der Waals surface area contributed by atoms with Crippen molar-refractivity contribution >= 4 is 5.91 Å². The molecule has 19 heavy (non-hydrogen) atoms. The van der Waals surface area contributed by atoms with Gasteiger partial charge in [-0.2, -0.15) is 0 Å². The third kappa shape index (κ3) is 4.44. The molecule has 0 fully saturated rings. The fourth-order valence-corrected chi connectivity index (χ4v) is 2.02. The van der Waals surface area contributed by atoms with Gasteiger partial charge in [-0.3, -0.25) is 9.69 Å². The predicted octanol–water partition coefficient (Wildman–Crippen LogP) is 0.972. The number of amides is 1. The molecule has 5 heteroatoms. The molecule has 0 aromatic heterocycles. The largest absolute Gasteiger partial charge is 0.497 e. The van der Waals surface area contributed by atoms with Gasteiger partial charge in [-0.1, -0.05) is 0 Å². The van der Waals surface area contributed by atoms with Crippen LogP contribution in [0.3, 0.4) is 0 Å². The standard InChI is InChI=1S/C14H22N2O3/c1-10-7-11(18-3)8-13(19-4)12(10)5-6-16(2)9-14(15)17/h7-8H,5-6,9H2,1-4H3,(H2,15,17). The number of carbonyl (C=O) groups excluding carboxylic acids is 1. The Kier molecular flexibility index (Phi) is 5.63. The van der Waals surface area contributed by atoms with Gasteiger partial charge in [0.1, 0.15) is 11.5 Å². The molecule has 0 aliphatic heterocycles. The Hall–Kier alpha value is -1.75. The average molecular weight is 266 g/mol. The monoisotopic (exact) mass is 266 g/mol. The Morgan fingerprint density at radius 1 is 1.32 bits per heavy atom. The van der Waals surface area contributed by atoms with Gasteiger partial charge in [-0.25, -0.2) is 0 Å². The highest BCUT2D eigenvalue weighted by Gasteiger charge is 2.11. The lowest BCUT2D eigenvalue weighted by Gasteiger charge is -2.18. The second kappa shape index (κ2) is 6.99. The van der Waals surface area contributed by atoms with E-state index in [9.17, 15) is 4.79 Å². The van der Waals surface area contributed by atoms with Gasteiger partial charge in [0.05, 0.1) is 20.8 Å². The highest BCUT2D eigenvalue weighted by Crippen LogP contribution is 2.28. The lowest BCUT2D eigenvalue weighted by Crippen LogP contribution is -2.32. The molecule has 0 atom stereocenters. The van der Waals surface area contributed by atoms with Crippen molar-refractivity contribution in [2.24, 2.45) is 5.73 Å². The molecule has 1 aromatic rings. The molecule has 106 valence electrons. The van der Waals surface area contributed by atoms with E-state index in [-0.39, 0.29) is 12.5 Å². The van der Waals surface area contributed by atoms with Crippen LogP contribution in [0.5, 0.6) is 11.5 Å². The second-order valence-corrected chi connectivity index (χ2v) is 4.58. The van der Waals surface area contributed by atoms with Crippen molar-refractivity contribution < 1.29 is 14.3 Å². The molecule has 5 nitrogen and oxygen atoms in total. The molecule has 0 bridgehead atoms. The average Bonchev–Trinajstić information content (AvgIpc) is 2.35. The normalized spacial score (nSPS) is 10.6. The SMILES string of the molecule is COc1cc(C)c(CCN(C)CC(N)=O)c(OC)c1. The Morgan fingerprint density at radius 2 is 2.00 bits per heavy atom. The summed E-state index contributed by atoms with van der Waals surface area (Å²) >= 11 is 0. The minimum Gasteiger partial charge on any atom is -0.497 e. The number of primary amides is 1. The number of benzene rings is 1. The van der Waals surface area contributed by atoms with E-state index >= 15 is 0 Å². The Labute approximate surface area is 114 Å². The first-order chi connectivity index (χ1) is 8.97. The Balaban J connectivity index is 2.80. The van der Waals surface area contributed by atoms with Crippen molar-refractivity contribution in [1.82, 2.24) is 4.90 Å². The zero-order valence-corrected chi connectivity index (χ0v) is 12.0.